The molecule has 3 N–H and O–H groups in total. The van der Waals surface area contributed by atoms with Crippen molar-refractivity contribution in [2.24, 2.45) is 0 Å². The summed E-state index contributed by atoms with van der Waals surface area (Å²) in [4.78, 5) is 50.3. The number of hydrogen-bond donors (Lipinski definition) is 3. The van der Waals surface area contributed by atoms with Gasteiger partial charge in [0.15, 0.2) is 19.1 Å². The Morgan fingerprint density at radius 3 is 2.22 bits per heavy atom. The molecule has 46 heavy (non-hydrogen) atoms. The fraction of sp³-hybridized carbons (Fsp3) is 0.273. The monoisotopic (exact) mass is 627 g/mol. The highest BCUT2D eigenvalue weighted by Gasteiger charge is 2.54. The lowest BCUT2D eigenvalue weighted by Crippen LogP contribution is -2.39. The molecule has 5 atom stereocenters. The molecule has 0 radical (unpaired) electrons. The van der Waals surface area contributed by atoms with Gasteiger partial charge in [-0.15, -0.1) is 0 Å². The number of hydrogen-bond acceptors (Lipinski definition) is 9. The number of nitrogens with one attached hydrogen (secondary N) is 2. The molecule has 2 fully saturated rings. The van der Waals surface area contributed by atoms with Crippen LogP contribution in [0.5, 0.6) is 5.75 Å². The van der Waals surface area contributed by atoms with Gasteiger partial charge in [-0.1, -0.05) is 60.7 Å². The highest BCUT2D eigenvalue weighted by atomic mass is 16.8. The summed E-state index contributed by atoms with van der Waals surface area (Å²) >= 11 is 0. The van der Waals surface area contributed by atoms with Crippen LogP contribution < -0.4 is 21.3 Å². The van der Waals surface area contributed by atoms with E-state index in [1.807, 2.05) is 36.4 Å². The molecule has 4 aromatic rings. The third-order valence-electron chi connectivity index (χ3n) is 8.28. The highest BCUT2D eigenvalue weighted by Crippen LogP contribution is 2.45. The highest BCUT2D eigenvalue weighted by molar-refractivity contribution is 5.79. The van der Waals surface area contributed by atoms with Crippen LogP contribution in [-0.2, 0) is 23.7 Å². The molecule has 13 nitrogen and oxygen atoms in total. The van der Waals surface area contributed by atoms with E-state index in [1.54, 1.807) is 24.3 Å². The average Bonchev–Trinajstić information content (AvgIpc) is 3.73. The molecule has 3 aromatic carbocycles. The van der Waals surface area contributed by atoms with E-state index in [1.165, 1.54) is 16.8 Å². The molecule has 3 heterocycles. The van der Waals surface area contributed by atoms with E-state index in [2.05, 4.69) is 22.4 Å². The van der Waals surface area contributed by atoms with E-state index in [4.69, 9.17) is 28.8 Å². The van der Waals surface area contributed by atoms with Crippen LogP contribution in [0.3, 0.4) is 0 Å². The van der Waals surface area contributed by atoms with Gasteiger partial charge in [0.25, 0.3) is 5.56 Å². The normalized spacial score (nSPS) is 22.9. The Morgan fingerprint density at radius 2 is 1.54 bits per heavy atom. The molecular formula is C33H29N3O10. The van der Waals surface area contributed by atoms with E-state index in [9.17, 15) is 19.2 Å². The minimum absolute atomic E-state index is 0.00943. The lowest BCUT2D eigenvalue weighted by Gasteiger charge is -2.22. The first kappa shape index (κ1) is 29.5. The van der Waals surface area contributed by atoms with Gasteiger partial charge in [-0.05, 0) is 34.4 Å². The van der Waals surface area contributed by atoms with Crippen LogP contribution in [0, 0.1) is 0 Å². The van der Waals surface area contributed by atoms with Crippen LogP contribution in [-0.4, -0.2) is 64.8 Å². The van der Waals surface area contributed by atoms with Gasteiger partial charge in [-0.3, -0.25) is 14.3 Å². The van der Waals surface area contributed by atoms with Crippen LogP contribution in [0.25, 0.3) is 11.1 Å². The number of carboxylic acids is 1. The minimum Gasteiger partial charge on any atom is -0.482 e. The number of carbonyl (C=O) groups is 2. The van der Waals surface area contributed by atoms with Crippen molar-refractivity contribution in [2.45, 2.75) is 36.7 Å². The predicted molar refractivity (Wildman–Crippen MR) is 160 cm³/mol. The molecule has 0 spiro atoms. The van der Waals surface area contributed by atoms with Crippen molar-refractivity contribution in [2.75, 3.05) is 19.8 Å². The smallest absolute Gasteiger partial charge is 0.407 e. The van der Waals surface area contributed by atoms with Gasteiger partial charge in [-0.2, -0.15) is 0 Å². The Bertz CT molecular complexity index is 1840. The minimum atomic E-state index is -1.10. The zero-order valence-corrected chi connectivity index (χ0v) is 24.2. The summed E-state index contributed by atoms with van der Waals surface area (Å²) in [5, 5.41) is 11.6. The number of alkyl carbamates (subject to hydrolysis) is 1. The third kappa shape index (κ3) is 5.67. The Balaban J connectivity index is 1.04. The fourth-order valence-corrected chi connectivity index (χ4v) is 6.21. The van der Waals surface area contributed by atoms with Crippen molar-refractivity contribution in [1.82, 2.24) is 14.9 Å². The lowest BCUT2D eigenvalue weighted by molar-refractivity contribution is -0.147. The zero-order valence-electron chi connectivity index (χ0n) is 24.2. The Hall–Kier alpha value is -5.24. The van der Waals surface area contributed by atoms with Gasteiger partial charge in [0.05, 0.1) is 0 Å². The van der Waals surface area contributed by atoms with Gasteiger partial charge >= 0.3 is 17.8 Å². The number of H-pyrrole nitrogens is 1. The zero-order chi connectivity index (χ0) is 31.8. The van der Waals surface area contributed by atoms with E-state index >= 15 is 0 Å². The molecule has 1 aromatic heterocycles. The molecule has 13 heteroatoms. The van der Waals surface area contributed by atoms with Crippen molar-refractivity contribution in [3.05, 3.63) is 123 Å². The van der Waals surface area contributed by atoms with Gasteiger partial charge in [-0.25, -0.2) is 14.4 Å². The second kappa shape index (κ2) is 12.3. The van der Waals surface area contributed by atoms with E-state index in [-0.39, 0.29) is 19.1 Å². The molecule has 0 bridgehead atoms. The molecule has 1 aliphatic carbocycles. The summed E-state index contributed by atoms with van der Waals surface area (Å²) in [7, 11) is 0. The number of fused-ring (bicyclic) bond motifs is 4. The van der Waals surface area contributed by atoms with Crippen LogP contribution in [0.1, 0.15) is 35.1 Å². The number of amides is 1. The quantitative estimate of drug-likeness (QED) is 0.251. The predicted octanol–water partition coefficient (Wildman–Crippen LogP) is 2.92. The number of carbonyl (C=O) groups excluding carboxylic acids is 1. The standard InChI is InChI=1S/C33H29N3O10/c37-26-13-14-36(32(40)35-26)30-29-28(45-31(46-29)18-9-11-19(12-10-18)42-17-27(38)39)25(44-30)15-34-33(41)43-16-24-22-7-3-1-5-20(22)21-6-2-4-8-23(21)24/h1-14,24-25,28-31H,15-17H2,(H,34,41)(H,38,39)(H,35,37,40)/t25-,28-,29-,30-,31?/m1/s1. The summed E-state index contributed by atoms with van der Waals surface area (Å²) in [6, 6.07) is 23.8. The fourth-order valence-electron chi connectivity index (χ4n) is 6.21. The SMILES string of the molecule is O=C(O)COc1ccc(C2O[C@@H]3[C@H](O2)[C@@H](CNC(=O)OCC2c4ccccc4-c4ccccc42)O[C@H]3n2ccc(=O)[nH]c2=O)cc1. The summed E-state index contributed by atoms with van der Waals surface area (Å²) in [6.07, 6.45) is -3.36. The first-order valence-corrected chi connectivity index (χ1v) is 14.7. The second-order valence-corrected chi connectivity index (χ2v) is 11.1. The van der Waals surface area contributed by atoms with Gasteiger partial charge in [0, 0.05) is 30.3 Å². The Kier molecular flexibility index (Phi) is 7.86. The molecule has 3 aliphatic rings. The number of rotatable bonds is 9. The van der Waals surface area contributed by atoms with Crippen molar-refractivity contribution < 1.29 is 38.4 Å². The van der Waals surface area contributed by atoms with Crippen LogP contribution in [0.2, 0.25) is 0 Å². The Morgan fingerprint density at radius 1 is 0.870 bits per heavy atom. The topological polar surface area (TPSA) is 167 Å². The molecule has 1 unspecified atom stereocenters. The number of benzene rings is 3. The molecule has 7 rings (SSSR count). The van der Waals surface area contributed by atoms with Crippen LogP contribution >= 0.6 is 0 Å². The number of carboxylic acid groups (broad SMARTS) is 1. The first-order chi connectivity index (χ1) is 22.4. The van der Waals surface area contributed by atoms with Crippen molar-refractivity contribution in [3.63, 3.8) is 0 Å². The lowest BCUT2D eigenvalue weighted by atomic mass is 9.98. The number of nitrogens with zero attached hydrogens (tertiary/aromatic N) is 1. The molecular weight excluding hydrogens is 598 g/mol. The van der Waals surface area contributed by atoms with Crippen molar-refractivity contribution in [3.8, 4) is 16.9 Å². The summed E-state index contributed by atoms with van der Waals surface area (Å²) < 4.78 is 30.7. The molecule has 0 saturated carbocycles. The summed E-state index contributed by atoms with van der Waals surface area (Å²) in [6.45, 7) is -0.351. The molecule has 236 valence electrons. The number of aromatic nitrogens is 2. The second-order valence-electron chi connectivity index (χ2n) is 11.1. The maximum absolute atomic E-state index is 12.9. The van der Waals surface area contributed by atoms with Gasteiger partial charge < -0.3 is 34.1 Å². The largest absolute Gasteiger partial charge is 0.482 e. The number of aromatic amines is 1. The molecule has 1 amide bonds. The van der Waals surface area contributed by atoms with Crippen LogP contribution in [0.15, 0.2) is 94.6 Å². The van der Waals surface area contributed by atoms with E-state index in [0.29, 0.717) is 11.3 Å². The van der Waals surface area contributed by atoms with Gasteiger partial charge in [0.1, 0.15) is 30.7 Å². The first-order valence-electron chi connectivity index (χ1n) is 14.7. The average molecular weight is 628 g/mol. The summed E-state index contributed by atoms with van der Waals surface area (Å²) in [5.41, 5.74) is 3.80. The van der Waals surface area contributed by atoms with Crippen molar-refractivity contribution in [1.29, 1.82) is 0 Å². The van der Waals surface area contributed by atoms with E-state index < -0.39 is 60.7 Å². The van der Waals surface area contributed by atoms with Crippen molar-refractivity contribution >= 4 is 12.1 Å². The Labute approximate surface area is 261 Å². The number of ether oxygens (including phenoxy) is 5. The van der Waals surface area contributed by atoms with E-state index in [0.717, 1.165) is 22.3 Å². The maximum atomic E-state index is 12.9. The maximum Gasteiger partial charge on any atom is 0.407 e. The summed E-state index contributed by atoms with van der Waals surface area (Å²) in [5.74, 6) is -0.842. The van der Waals surface area contributed by atoms with Crippen LogP contribution in [0.4, 0.5) is 4.79 Å². The molecule has 2 saturated heterocycles. The molecule has 2 aliphatic heterocycles. The third-order valence-corrected chi connectivity index (χ3v) is 8.28. The number of aliphatic carboxylic acids is 1. The van der Waals surface area contributed by atoms with Gasteiger partial charge in [0.2, 0.25) is 0 Å².